The van der Waals surface area contributed by atoms with Crippen LogP contribution in [0.4, 0.5) is 0 Å². The van der Waals surface area contributed by atoms with Crippen molar-refractivity contribution in [1.82, 2.24) is 29.9 Å². The summed E-state index contributed by atoms with van der Waals surface area (Å²) in [5, 5.41) is 0. The Labute approximate surface area is 295 Å². The zero-order chi connectivity index (χ0) is 34.8. The third kappa shape index (κ3) is 7.73. The average Bonchev–Trinajstić information content (AvgIpc) is 3.20. The van der Waals surface area contributed by atoms with Gasteiger partial charge in [-0.2, -0.15) is 0 Å². The van der Waals surface area contributed by atoms with E-state index in [4.69, 9.17) is 4.74 Å². The number of carbonyl (C=O) groups is 1. The number of hydrogen-bond acceptors (Lipinski definition) is 8. The second-order valence-electron chi connectivity index (χ2n) is 11.1. The first kappa shape index (κ1) is 32.3. The highest BCUT2D eigenvalue weighted by Gasteiger charge is 2.13. The van der Waals surface area contributed by atoms with Gasteiger partial charge in [0, 0.05) is 70.6 Å². The van der Waals surface area contributed by atoms with Crippen molar-refractivity contribution in [3.63, 3.8) is 0 Å². The van der Waals surface area contributed by atoms with Gasteiger partial charge in [-0.3, -0.25) is 29.9 Å². The van der Waals surface area contributed by atoms with Crippen LogP contribution in [0.1, 0.15) is 39.5 Å². The predicted molar refractivity (Wildman–Crippen MR) is 196 cm³/mol. The van der Waals surface area contributed by atoms with Crippen molar-refractivity contribution in [3.05, 3.63) is 168 Å². The molecule has 51 heavy (non-hydrogen) atoms. The van der Waals surface area contributed by atoms with E-state index in [1.165, 1.54) is 0 Å². The van der Waals surface area contributed by atoms with E-state index in [0.717, 1.165) is 33.9 Å². The van der Waals surface area contributed by atoms with E-state index in [0.29, 0.717) is 39.2 Å². The topological polar surface area (TPSA) is 104 Å². The molecule has 8 heteroatoms. The molecule has 0 aliphatic carbocycles. The fraction of sp³-hybridized carbons (Fsp3) is 0.0465. The number of ether oxygens (including phenoxy) is 1. The summed E-state index contributed by atoms with van der Waals surface area (Å²) >= 11 is 0. The van der Waals surface area contributed by atoms with E-state index < -0.39 is 5.97 Å². The van der Waals surface area contributed by atoms with Crippen molar-refractivity contribution in [1.29, 1.82) is 0 Å². The van der Waals surface area contributed by atoms with E-state index >= 15 is 0 Å². The average molecular weight is 661 g/mol. The lowest BCUT2D eigenvalue weighted by Crippen LogP contribution is -2.05. The number of aromatic nitrogens is 6. The molecule has 0 radical (unpaired) electrons. The number of pyridine rings is 6. The highest BCUT2D eigenvalue weighted by Crippen LogP contribution is 2.26. The zero-order valence-electron chi connectivity index (χ0n) is 27.5. The molecular weight excluding hydrogens is 633 g/mol. The first-order valence-corrected chi connectivity index (χ1v) is 16.2. The minimum Gasteiger partial charge on any atom is -0.462 e. The Morgan fingerprint density at radius 3 is 1.33 bits per heavy atom. The summed E-state index contributed by atoms with van der Waals surface area (Å²) in [6.45, 7) is 2.00. The van der Waals surface area contributed by atoms with Gasteiger partial charge >= 0.3 is 5.97 Å². The summed E-state index contributed by atoms with van der Waals surface area (Å²) in [4.78, 5) is 40.3. The Morgan fingerprint density at radius 2 is 0.941 bits per heavy atom. The second-order valence-corrected chi connectivity index (χ2v) is 11.1. The van der Waals surface area contributed by atoms with E-state index in [9.17, 15) is 4.79 Å². The van der Waals surface area contributed by atoms with Crippen LogP contribution in [-0.2, 0) is 4.74 Å². The van der Waals surface area contributed by atoms with Gasteiger partial charge in [0.15, 0.2) is 0 Å². The normalized spacial score (nSPS) is 10.3. The maximum absolute atomic E-state index is 13.0. The van der Waals surface area contributed by atoms with E-state index in [1.54, 1.807) is 56.2 Å². The van der Waals surface area contributed by atoms with Crippen LogP contribution < -0.4 is 0 Å². The second kappa shape index (κ2) is 15.3. The van der Waals surface area contributed by atoms with Gasteiger partial charge in [-0.1, -0.05) is 47.9 Å². The Hall–Kier alpha value is -7.29. The number of rotatable bonds is 6. The van der Waals surface area contributed by atoms with Gasteiger partial charge in [-0.25, -0.2) is 4.79 Å². The third-order valence-corrected chi connectivity index (χ3v) is 7.67. The first-order chi connectivity index (χ1) is 25.1. The molecule has 6 aromatic heterocycles. The Kier molecular flexibility index (Phi) is 9.67. The molecule has 6 heterocycles. The smallest absolute Gasteiger partial charge is 0.338 e. The maximum Gasteiger partial charge on any atom is 0.338 e. The van der Waals surface area contributed by atoms with Gasteiger partial charge in [0.2, 0.25) is 0 Å². The number of nitrogens with zero attached hydrogens (tertiary/aromatic N) is 6. The molecule has 0 saturated heterocycles. The van der Waals surface area contributed by atoms with Crippen LogP contribution in [-0.4, -0.2) is 42.5 Å². The van der Waals surface area contributed by atoms with Crippen molar-refractivity contribution < 1.29 is 9.53 Å². The molecule has 7 rings (SSSR count). The van der Waals surface area contributed by atoms with Crippen molar-refractivity contribution in [3.8, 4) is 69.0 Å². The van der Waals surface area contributed by atoms with Gasteiger partial charge in [-0.05, 0) is 85.8 Å². The van der Waals surface area contributed by atoms with Crippen LogP contribution in [0.5, 0.6) is 0 Å². The summed E-state index contributed by atoms with van der Waals surface area (Å²) in [7, 11) is 0. The molecule has 0 N–H and O–H groups in total. The Balaban J connectivity index is 1.33. The molecule has 7 aromatic rings. The van der Waals surface area contributed by atoms with Gasteiger partial charge in [0.1, 0.15) is 0 Å². The predicted octanol–water partition coefficient (Wildman–Crippen LogP) is 7.70. The van der Waals surface area contributed by atoms with Crippen molar-refractivity contribution in [2.45, 2.75) is 6.92 Å². The van der Waals surface area contributed by atoms with Crippen molar-refractivity contribution in [2.75, 3.05) is 6.61 Å². The van der Waals surface area contributed by atoms with Gasteiger partial charge in [-0.15, -0.1) is 0 Å². The van der Waals surface area contributed by atoms with Gasteiger partial charge in [0.05, 0.1) is 46.3 Å². The van der Waals surface area contributed by atoms with Crippen molar-refractivity contribution >= 4 is 5.97 Å². The molecule has 0 saturated carbocycles. The summed E-state index contributed by atoms with van der Waals surface area (Å²) in [6, 6.07) is 31.8. The molecule has 0 fully saturated rings. The minimum atomic E-state index is -0.463. The van der Waals surface area contributed by atoms with Crippen LogP contribution in [0.25, 0.3) is 45.3 Å². The van der Waals surface area contributed by atoms with E-state index in [2.05, 4.69) is 53.6 Å². The van der Waals surface area contributed by atoms with E-state index in [1.807, 2.05) is 91.0 Å². The van der Waals surface area contributed by atoms with E-state index in [-0.39, 0.29) is 6.61 Å². The molecule has 0 aliphatic heterocycles. The minimum absolute atomic E-state index is 0.233. The van der Waals surface area contributed by atoms with Gasteiger partial charge < -0.3 is 4.74 Å². The van der Waals surface area contributed by atoms with Gasteiger partial charge in [0.25, 0.3) is 0 Å². The molecule has 1 aromatic carbocycles. The molecule has 0 bridgehead atoms. The fourth-order valence-electron chi connectivity index (χ4n) is 5.26. The van der Waals surface area contributed by atoms with Crippen LogP contribution >= 0.6 is 0 Å². The monoisotopic (exact) mass is 660 g/mol. The quantitative estimate of drug-likeness (QED) is 0.132. The lowest BCUT2D eigenvalue weighted by atomic mass is 10.0. The molecule has 242 valence electrons. The fourth-order valence-corrected chi connectivity index (χ4v) is 5.26. The zero-order valence-corrected chi connectivity index (χ0v) is 27.5. The lowest BCUT2D eigenvalue weighted by molar-refractivity contribution is 0.0526. The molecule has 0 spiro atoms. The van der Waals surface area contributed by atoms with Crippen LogP contribution in [0.2, 0.25) is 0 Å². The highest BCUT2D eigenvalue weighted by molar-refractivity contribution is 5.90. The highest BCUT2D eigenvalue weighted by atomic mass is 16.5. The summed E-state index contributed by atoms with van der Waals surface area (Å²) in [6.07, 6.45) is 10.4. The molecule has 0 atom stereocenters. The maximum atomic E-state index is 13.0. The summed E-state index contributed by atoms with van der Waals surface area (Å²) in [5.74, 6) is 12.7. The lowest BCUT2D eigenvalue weighted by Gasteiger charge is -2.07. The standard InChI is InChI=1S/C43H28N6O2/c1-2-51-43(50)34-24-30(15-17-32-26-41(39-13-5-9-21-46-39)48-28-35(32)37-11-3-7-19-44-37)23-31(25-34)16-18-33-27-42(40-14-6-10-22-47-40)49-29-36(33)38-12-4-8-20-45-38/h3-14,19-29H,2H2,1H3. The Morgan fingerprint density at radius 1 is 0.510 bits per heavy atom. The number of carbonyl (C=O) groups excluding carboxylic acids is 1. The third-order valence-electron chi connectivity index (χ3n) is 7.67. The summed E-state index contributed by atoms with van der Waals surface area (Å²) in [5.41, 5.74) is 8.74. The molecule has 0 aliphatic rings. The molecule has 0 amide bonds. The van der Waals surface area contributed by atoms with Crippen LogP contribution in [0.15, 0.2) is 140 Å². The first-order valence-electron chi connectivity index (χ1n) is 16.2. The summed E-state index contributed by atoms with van der Waals surface area (Å²) < 4.78 is 5.36. The van der Waals surface area contributed by atoms with Crippen LogP contribution in [0.3, 0.4) is 0 Å². The number of esters is 1. The number of hydrogen-bond donors (Lipinski definition) is 0. The Bertz CT molecular complexity index is 2290. The molecule has 8 nitrogen and oxygen atoms in total. The molecular formula is C43H28N6O2. The SMILES string of the molecule is CCOC(=O)c1cc(C#Cc2cc(-c3ccccn3)ncc2-c2ccccn2)cc(C#Cc2cc(-c3ccccn3)ncc2-c2ccccn2)c1. The number of benzene rings is 1. The van der Waals surface area contributed by atoms with Crippen molar-refractivity contribution in [2.24, 2.45) is 0 Å². The largest absolute Gasteiger partial charge is 0.462 e. The van der Waals surface area contributed by atoms with Crippen LogP contribution in [0, 0.1) is 23.7 Å². The molecule has 0 unspecified atom stereocenters.